The van der Waals surface area contributed by atoms with Gasteiger partial charge in [0.2, 0.25) is 11.7 Å². The van der Waals surface area contributed by atoms with Gasteiger partial charge in [0.05, 0.1) is 12.2 Å². The minimum absolute atomic E-state index is 0.182. The average Bonchev–Trinajstić information content (AvgIpc) is 3.01. The summed E-state index contributed by atoms with van der Waals surface area (Å²) in [5.41, 5.74) is 0. The van der Waals surface area contributed by atoms with E-state index >= 15 is 0 Å². The molecule has 0 aliphatic carbocycles. The smallest absolute Gasteiger partial charge is 0.238 e. The predicted octanol–water partition coefficient (Wildman–Crippen LogP) is 2.43. The molecule has 0 aromatic carbocycles. The van der Waals surface area contributed by atoms with Crippen LogP contribution in [-0.4, -0.2) is 23.2 Å². The van der Waals surface area contributed by atoms with Gasteiger partial charge in [-0.2, -0.15) is 4.98 Å². The molecule has 2 aromatic heterocycles. The molecule has 0 aliphatic rings. The molecule has 0 amide bonds. The Bertz CT molecular complexity index is 446. The zero-order chi connectivity index (χ0) is 12.3. The summed E-state index contributed by atoms with van der Waals surface area (Å²) >= 11 is 0. The van der Waals surface area contributed by atoms with Gasteiger partial charge in [0.25, 0.3) is 0 Å². The van der Waals surface area contributed by atoms with E-state index < -0.39 is 0 Å². The van der Waals surface area contributed by atoms with Crippen molar-refractivity contribution in [2.75, 3.05) is 7.05 Å². The standard InChI is InChI=1S/C12H17N3O2/c1-4-9(13-3)8(2)12-14-11(15-17-12)10-6-5-7-16-10/h5-9,13H,4H2,1-3H3. The monoisotopic (exact) mass is 235 g/mol. The Balaban J connectivity index is 2.18. The molecule has 17 heavy (non-hydrogen) atoms. The van der Waals surface area contributed by atoms with Gasteiger partial charge in [-0.3, -0.25) is 0 Å². The van der Waals surface area contributed by atoms with Crippen molar-refractivity contribution in [1.82, 2.24) is 15.5 Å². The van der Waals surface area contributed by atoms with Crippen molar-refractivity contribution >= 4 is 0 Å². The molecular weight excluding hydrogens is 218 g/mol. The van der Waals surface area contributed by atoms with Crippen LogP contribution in [0.25, 0.3) is 11.6 Å². The molecule has 2 unspecified atom stereocenters. The topological polar surface area (TPSA) is 64.1 Å². The molecule has 0 saturated heterocycles. The Morgan fingerprint density at radius 2 is 2.29 bits per heavy atom. The molecule has 92 valence electrons. The molecule has 2 aromatic rings. The molecule has 0 saturated carbocycles. The van der Waals surface area contributed by atoms with Crippen molar-refractivity contribution in [2.24, 2.45) is 0 Å². The Labute approximate surface area is 100 Å². The first-order valence-corrected chi connectivity index (χ1v) is 5.81. The van der Waals surface area contributed by atoms with Gasteiger partial charge in [-0.15, -0.1) is 0 Å². The van der Waals surface area contributed by atoms with Gasteiger partial charge >= 0.3 is 0 Å². The highest BCUT2D eigenvalue weighted by molar-refractivity contribution is 5.44. The van der Waals surface area contributed by atoms with E-state index in [1.54, 1.807) is 12.3 Å². The predicted molar refractivity (Wildman–Crippen MR) is 63.6 cm³/mol. The molecule has 2 heterocycles. The molecule has 0 spiro atoms. The molecule has 2 rings (SSSR count). The first-order chi connectivity index (χ1) is 8.26. The summed E-state index contributed by atoms with van der Waals surface area (Å²) in [6.45, 7) is 4.20. The van der Waals surface area contributed by atoms with Crippen molar-refractivity contribution in [2.45, 2.75) is 32.2 Å². The van der Waals surface area contributed by atoms with E-state index in [4.69, 9.17) is 8.94 Å². The largest absolute Gasteiger partial charge is 0.461 e. The SMILES string of the molecule is CCC(NC)C(C)c1nc(-c2ccco2)no1. The first kappa shape index (κ1) is 11.9. The summed E-state index contributed by atoms with van der Waals surface area (Å²) in [6.07, 6.45) is 2.60. The maximum atomic E-state index is 5.27. The van der Waals surface area contributed by atoms with Crippen LogP contribution in [0, 0.1) is 0 Å². The number of rotatable bonds is 5. The van der Waals surface area contributed by atoms with Gasteiger partial charge in [0.1, 0.15) is 0 Å². The second-order valence-corrected chi connectivity index (χ2v) is 4.03. The van der Waals surface area contributed by atoms with E-state index in [0.29, 0.717) is 23.5 Å². The van der Waals surface area contributed by atoms with Gasteiger partial charge in [-0.05, 0) is 25.6 Å². The fourth-order valence-electron chi connectivity index (χ4n) is 1.91. The molecule has 0 aliphatic heterocycles. The van der Waals surface area contributed by atoms with Crippen LogP contribution < -0.4 is 5.32 Å². The van der Waals surface area contributed by atoms with Crippen LogP contribution in [0.5, 0.6) is 0 Å². The summed E-state index contributed by atoms with van der Waals surface area (Å²) in [5.74, 6) is 1.95. The third-order valence-corrected chi connectivity index (χ3v) is 2.99. The fourth-order valence-corrected chi connectivity index (χ4v) is 1.91. The second-order valence-electron chi connectivity index (χ2n) is 4.03. The van der Waals surface area contributed by atoms with E-state index in [1.165, 1.54) is 0 Å². The molecule has 5 heteroatoms. The van der Waals surface area contributed by atoms with E-state index in [2.05, 4.69) is 29.3 Å². The van der Waals surface area contributed by atoms with Crippen LogP contribution in [-0.2, 0) is 0 Å². The van der Waals surface area contributed by atoms with Crippen LogP contribution in [0.4, 0.5) is 0 Å². The highest BCUT2D eigenvalue weighted by Crippen LogP contribution is 2.23. The zero-order valence-electron chi connectivity index (χ0n) is 10.3. The Kier molecular flexibility index (Phi) is 3.58. The van der Waals surface area contributed by atoms with E-state index in [9.17, 15) is 0 Å². The molecule has 1 N–H and O–H groups in total. The maximum absolute atomic E-state index is 5.27. The molecule has 0 radical (unpaired) electrons. The van der Waals surface area contributed by atoms with Crippen molar-refractivity contribution < 1.29 is 8.94 Å². The van der Waals surface area contributed by atoms with E-state index in [1.807, 2.05) is 13.1 Å². The lowest BCUT2D eigenvalue weighted by Gasteiger charge is -2.18. The Morgan fingerprint density at radius 3 is 2.88 bits per heavy atom. The van der Waals surface area contributed by atoms with Crippen molar-refractivity contribution in [3.8, 4) is 11.6 Å². The number of furan rings is 1. The number of nitrogens with zero attached hydrogens (tertiary/aromatic N) is 2. The third kappa shape index (κ3) is 2.39. The third-order valence-electron chi connectivity index (χ3n) is 2.99. The number of aromatic nitrogens is 2. The van der Waals surface area contributed by atoms with Crippen LogP contribution in [0.1, 0.15) is 32.1 Å². The molecule has 2 atom stereocenters. The van der Waals surface area contributed by atoms with Crippen LogP contribution in [0.3, 0.4) is 0 Å². The summed E-state index contributed by atoms with van der Waals surface area (Å²) < 4.78 is 10.5. The minimum atomic E-state index is 0.182. The van der Waals surface area contributed by atoms with E-state index in [0.717, 1.165) is 6.42 Å². The summed E-state index contributed by atoms with van der Waals surface area (Å²) in [7, 11) is 1.94. The highest BCUT2D eigenvalue weighted by Gasteiger charge is 2.22. The Hall–Kier alpha value is -1.62. The van der Waals surface area contributed by atoms with Crippen molar-refractivity contribution in [3.63, 3.8) is 0 Å². The number of hydrogen-bond acceptors (Lipinski definition) is 5. The van der Waals surface area contributed by atoms with Gasteiger partial charge < -0.3 is 14.3 Å². The van der Waals surface area contributed by atoms with Crippen LogP contribution >= 0.6 is 0 Å². The molecule has 0 bridgehead atoms. The second kappa shape index (κ2) is 5.14. The Morgan fingerprint density at radius 1 is 1.47 bits per heavy atom. The quantitative estimate of drug-likeness (QED) is 0.862. The lowest BCUT2D eigenvalue weighted by atomic mass is 10.00. The average molecular weight is 235 g/mol. The zero-order valence-corrected chi connectivity index (χ0v) is 10.3. The summed E-state index contributed by atoms with van der Waals surface area (Å²) in [5, 5.41) is 7.17. The maximum Gasteiger partial charge on any atom is 0.238 e. The molecule has 0 fully saturated rings. The fraction of sp³-hybridized carbons (Fsp3) is 0.500. The van der Waals surface area contributed by atoms with Gasteiger partial charge in [0, 0.05) is 6.04 Å². The van der Waals surface area contributed by atoms with E-state index in [-0.39, 0.29) is 5.92 Å². The highest BCUT2D eigenvalue weighted by atomic mass is 16.5. The number of hydrogen-bond donors (Lipinski definition) is 1. The number of nitrogens with one attached hydrogen (secondary N) is 1. The lowest BCUT2D eigenvalue weighted by Crippen LogP contribution is -2.30. The van der Waals surface area contributed by atoms with Gasteiger partial charge in [0.15, 0.2) is 5.76 Å². The van der Waals surface area contributed by atoms with Crippen LogP contribution in [0.15, 0.2) is 27.3 Å². The molecule has 5 nitrogen and oxygen atoms in total. The summed E-state index contributed by atoms with van der Waals surface area (Å²) in [4.78, 5) is 4.36. The van der Waals surface area contributed by atoms with Gasteiger partial charge in [-0.1, -0.05) is 19.0 Å². The number of likely N-dealkylation sites (N-methyl/N-ethyl adjacent to an activating group) is 1. The molecular formula is C12H17N3O2. The minimum Gasteiger partial charge on any atom is -0.461 e. The van der Waals surface area contributed by atoms with Crippen molar-refractivity contribution in [3.05, 3.63) is 24.3 Å². The normalized spacial score (nSPS) is 14.8. The van der Waals surface area contributed by atoms with Crippen LogP contribution in [0.2, 0.25) is 0 Å². The summed E-state index contributed by atoms with van der Waals surface area (Å²) in [6, 6.07) is 3.95. The van der Waals surface area contributed by atoms with Crippen molar-refractivity contribution in [1.29, 1.82) is 0 Å². The lowest BCUT2D eigenvalue weighted by molar-refractivity contribution is 0.326. The first-order valence-electron chi connectivity index (χ1n) is 5.81. The van der Waals surface area contributed by atoms with Gasteiger partial charge in [-0.25, -0.2) is 0 Å².